The minimum Gasteiger partial charge on any atom is -0.257 e. The summed E-state index contributed by atoms with van der Waals surface area (Å²) in [6.07, 6.45) is 15.5. The first-order valence-corrected chi connectivity index (χ1v) is 13.1. The molecule has 0 aromatic carbocycles. The van der Waals surface area contributed by atoms with Gasteiger partial charge in [0, 0.05) is 6.20 Å². The van der Waals surface area contributed by atoms with Gasteiger partial charge in [0.1, 0.15) is 0 Å². The number of hydrogen-bond acceptors (Lipinski definition) is 1. The average Bonchev–Trinajstić information content (AvgIpc) is 2.87. The maximum Gasteiger partial charge on any atom is 0.0664 e. The Morgan fingerprint density at radius 2 is 1.78 bits per heavy atom. The lowest BCUT2D eigenvalue weighted by molar-refractivity contribution is 0.190. The van der Waals surface area contributed by atoms with E-state index >= 15 is 0 Å². The molecule has 0 radical (unpaired) electrons. The third kappa shape index (κ3) is 5.13. The molecule has 3 atom stereocenters. The van der Waals surface area contributed by atoms with E-state index in [1.54, 1.807) is 11.1 Å². The van der Waals surface area contributed by atoms with Crippen molar-refractivity contribution in [2.24, 2.45) is 28.1 Å². The lowest BCUT2D eigenvalue weighted by Crippen LogP contribution is -2.37. The van der Waals surface area contributed by atoms with E-state index in [9.17, 15) is 0 Å². The van der Waals surface area contributed by atoms with Crippen LogP contribution < -0.4 is 0 Å². The lowest BCUT2D eigenvalue weighted by Gasteiger charge is -2.47. The van der Waals surface area contributed by atoms with Crippen molar-refractivity contribution in [1.82, 2.24) is 4.98 Å². The van der Waals surface area contributed by atoms with E-state index in [2.05, 4.69) is 85.8 Å². The van der Waals surface area contributed by atoms with Crippen LogP contribution in [0, 0.1) is 28.1 Å². The molecule has 3 unspecified atom stereocenters. The second kappa shape index (κ2) is 10.5. The Hall–Kier alpha value is -1.63. The highest BCUT2D eigenvalue weighted by Gasteiger charge is 2.46. The third-order valence-electron chi connectivity index (χ3n) is 8.47. The number of pyridine rings is 1. The standard InChI is InChI=1S/C29H43N.C2H6/c1-9-15-29(8,21(3)10-2)23-20-25-24(19-22(23)26-14-11-12-18-30-26)27(4,5)16-13-17-28(25,6)7;1-2/h9,11-12,14-15,18-19,21,23H,10,13,16-17,20H2,1-8H3;1-2H3. The molecule has 0 spiro atoms. The first kappa shape index (κ1) is 26.6. The molecular formula is C31H49N. The normalized spacial score (nSPS) is 25.1. The maximum absolute atomic E-state index is 4.84. The smallest absolute Gasteiger partial charge is 0.0664 e. The van der Waals surface area contributed by atoms with Crippen molar-refractivity contribution < 1.29 is 0 Å². The van der Waals surface area contributed by atoms with Crippen LogP contribution in [0.1, 0.15) is 107 Å². The number of allylic oxidation sites excluding steroid dienone is 6. The Balaban J connectivity index is 0.00000176. The van der Waals surface area contributed by atoms with Gasteiger partial charge in [-0.2, -0.15) is 0 Å². The van der Waals surface area contributed by atoms with Gasteiger partial charge in [0.25, 0.3) is 0 Å². The fourth-order valence-corrected chi connectivity index (χ4v) is 6.03. The predicted molar refractivity (Wildman–Crippen MR) is 142 cm³/mol. The zero-order valence-corrected chi connectivity index (χ0v) is 22.7. The van der Waals surface area contributed by atoms with Crippen molar-refractivity contribution in [3.05, 3.63) is 59.5 Å². The van der Waals surface area contributed by atoms with E-state index < -0.39 is 0 Å². The number of aromatic nitrogens is 1. The van der Waals surface area contributed by atoms with Crippen LogP contribution in [-0.2, 0) is 0 Å². The Labute approximate surface area is 199 Å². The summed E-state index contributed by atoms with van der Waals surface area (Å²) >= 11 is 0. The zero-order valence-electron chi connectivity index (χ0n) is 22.7. The molecule has 1 aromatic heterocycles. The van der Waals surface area contributed by atoms with Crippen molar-refractivity contribution in [1.29, 1.82) is 0 Å². The number of rotatable bonds is 5. The summed E-state index contributed by atoms with van der Waals surface area (Å²) < 4.78 is 0. The largest absolute Gasteiger partial charge is 0.257 e. The molecule has 178 valence electrons. The molecule has 0 bridgehead atoms. The van der Waals surface area contributed by atoms with Crippen LogP contribution in [0.15, 0.2) is 53.8 Å². The Bertz CT molecular complexity index is 836. The van der Waals surface area contributed by atoms with Crippen LogP contribution in [-0.4, -0.2) is 4.98 Å². The van der Waals surface area contributed by atoms with Crippen LogP contribution in [0.25, 0.3) is 5.57 Å². The fraction of sp³-hybridized carbons (Fsp3) is 0.645. The highest BCUT2D eigenvalue weighted by Crippen LogP contribution is 2.57. The Morgan fingerprint density at radius 3 is 2.34 bits per heavy atom. The van der Waals surface area contributed by atoms with Crippen molar-refractivity contribution in [2.45, 2.75) is 101 Å². The average molecular weight is 436 g/mol. The highest BCUT2D eigenvalue weighted by atomic mass is 14.7. The van der Waals surface area contributed by atoms with Gasteiger partial charge in [-0.3, -0.25) is 4.98 Å². The Kier molecular flexibility index (Phi) is 8.76. The molecule has 0 amide bonds. The van der Waals surface area contributed by atoms with E-state index in [4.69, 9.17) is 4.98 Å². The van der Waals surface area contributed by atoms with Crippen LogP contribution in [0.4, 0.5) is 0 Å². The lowest BCUT2D eigenvalue weighted by atomic mass is 9.57. The van der Waals surface area contributed by atoms with Crippen molar-refractivity contribution >= 4 is 5.57 Å². The zero-order chi connectivity index (χ0) is 24.2. The summed E-state index contributed by atoms with van der Waals surface area (Å²) in [7, 11) is 0. The summed E-state index contributed by atoms with van der Waals surface area (Å²) in [6.45, 7) is 23.3. The topological polar surface area (TPSA) is 12.9 Å². The summed E-state index contributed by atoms with van der Waals surface area (Å²) in [5, 5.41) is 0. The molecule has 1 nitrogen and oxygen atoms in total. The highest BCUT2D eigenvalue weighted by molar-refractivity contribution is 5.72. The molecule has 2 aliphatic rings. The summed E-state index contributed by atoms with van der Waals surface area (Å²) in [5.41, 5.74) is 6.49. The molecule has 0 aliphatic heterocycles. The molecule has 3 rings (SSSR count). The maximum atomic E-state index is 4.84. The monoisotopic (exact) mass is 435 g/mol. The van der Waals surface area contributed by atoms with Crippen LogP contribution in [0.2, 0.25) is 0 Å². The van der Waals surface area contributed by atoms with Gasteiger partial charge in [-0.05, 0) is 77.5 Å². The van der Waals surface area contributed by atoms with Crippen LogP contribution in [0.3, 0.4) is 0 Å². The van der Waals surface area contributed by atoms with Crippen molar-refractivity contribution in [2.75, 3.05) is 0 Å². The molecule has 0 saturated carbocycles. The minimum atomic E-state index is 0.109. The van der Waals surface area contributed by atoms with Gasteiger partial charge >= 0.3 is 0 Å². The minimum absolute atomic E-state index is 0.109. The van der Waals surface area contributed by atoms with Gasteiger partial charge in [0.05, 0.1) is 5.69 Å². The quantitative estimate of drug-likeness (QED) is 0.419. The molecule has 0 N–H and O–H groups in total. The van der Waals surface area contributed by atoms with E-state index in [1.807, 2.05) is 26.1 Å². The van der Waals surface area contributed by atoms with Crippen LogP contribution in [0.5, 0.6) is 0 Å². The molecule has 2 aliphatic carbocycles. The second-order valence-electron chi connectivity index (χ2n) is 11.3. The van der Waals surface area contributed by atoms with Gasteiger partial charge in [-0.25, -0.2) is 0 Å². The van der Waals surface area contributed by atoms with Gasteiger partial charge in [0.15, 0.2) is 0 Å². The third-order valence-corrected chi connectivity index (χ3v) is 8.47. The Morgan fingerprint density at radius 1 is 1.12 bits per heavy atom. The number of hydrogen-bond donors (Lipinski definition) is 0. The van der Waals surface area contributed by atoms with E-state index in [1.165, 1.54) is 31.3 Å². The SMILES string of the molecule is CC.CC=CC(C)(C(C)CC)C1CC2=C(C=C1c1ccccn1)C(C)(C)CCCC2(C)C. The fourth-order valence-electron chi connectivity index (χ4n) is 6.03. The summed E-state index contributed by atoms with van der Waals surface area (Å²) in [5.74, 6) is 1.06. The van der Waals surface area contributed by atoms with E-state index in [-0.39, 0.29) is 16.2 Å². The molecule has 1 heterocycles. The number of nitrogens with zero attached hydrogens (tertiary/aromatic N) is 1. The molecule has 32 heavy (non-hydrogen) atoms. The van der Waals surface area contributed by atoms with Gasteiger partial charge in [-0.15, -0.1) is 0 Å². The van der Waals surface area contributed by atoms with Gasteiger partial charge in [0.2, 0.25) is 0 Å². The molecule has 0 fully saturated rings. The van der Waals surface area contributed by atoms with E-state index in [0.717, 1.165) is 12.1 Å². The first-order valence-electron chi connectivity index (χ1n) is 13.1. The van der Waals surface area contributed by atoms with Crippen LogP contribution >= 0.6 is 0 Å². The molecule has 1 heteroatoms. The van der Waals surface area contributed by atoms with Crippen molar-refractivity contribution in [3.63, 3.8) is 0 Å². The summed E-state index contributed by atoms with van der Waals surface area (Å²) in [4.78, 5) is 4.84. The molecule has 0 saturated heterocycles. The molecular weight excluding hydrogens is 386 g/mol. The predicted octanol–water partition coefficient (Wildman–Crippen LogP) is 9.67. The second-order valence-corrected chi connectivity index (χ2v) is 11.3. The van der Waals surface area contributed by atoms with Crippen molar-refractivity contribution in [3.8, 4) is 0 Å². The first-order chi connectivity index (χ1) is 15.1. The van der Waals surface area contributed by atoms with Gasteiger partial charge < -0.3 is 0 Å². The molecule has 1 aromatic rings. The summed E-state index contributed by atoms with van der Waals surface area (Å²) in [6, 6.07) is 6.39. The van der Waals surface area contributed by atoms with E-state index in [0.29, 0.717) is 11.8 Å². The van der Waals surface area contributed by atoms with Gasteiger partial charge in [-0.1, -0.05) is 105 Å².